The molecule has 0 saturated carbocycles. The summed E-state index contributed by atoms with van der Waals surface area (Å²) in [6, 6.07) is 22.8. The fourth-order valence-electron chi connectivity index (χ4n) is 2.66. The lowest BCUT2D eigenvalue weighted by Crippen LogP contribution is -1.97. The number of phenols is 1. The number of anilines is 2. The summed E-state index contributed by atoms with van der Waals surface area (Å²) in [6.07, 6.45) is 1.47. The highest BCUT2D eigenvalue weighted by molar-refractivity contribution is 5.91. The van der Waals surface area contributed by atoms with Crippen molar-refractivity contribution in [3.8, 4) is 11.5 Å². The maximum atomic E-state index is 9.58. The van der Waals surface area contributed by atoms with Crippen LogP contribution in [0, 0.1) is 0 Å². The van der Waals surface area contributed by atoms with Crippen LogP contribution in [0.4, 0.5) is 11.5 Å². The van der Waals surface area contributed by atoms with Crippen LogP contribution in [-0.4, -0.2) is 15.1 Å². The first-order valence-corrected chi connectivity index (χ1v) is 8.25. The fraction of sp³-hybridized carbons (Fsp3) is 0.0476. The Labute approximate surface area is 150 Å². The molecule has 0 unspecified atom stereocenters. The molecule has 0 amide bonds. The van der Waals surface area contributed by atoms with Crippen LogP contribution in [0.1, 0.15) is 5.56 Å². The van der Waals surface area contributed by atoms with E-state index in [-0.39, 0.29) is 5.75 Å². The number of hydrogen-bond donors (Lipinski definition) is 2. The number of aromatic hydroxyl groups is 1. The Balaban J connectivity index is 1.48. The van der Waals surface area contributed by atoms with Gasteiger partial charge in [0.05, 0.1) is 5.52 Å². The molecule has 0 saturated heterocycles. The SMILES string of the molecule is Oc1ccc2c(Nc3ccc(OCc4ccccc4)cc3)ncnc2c1. The number of phenolic OH excluding ortho intramolecular Hbond substituents is 1. The maximum absolute atomic E-state index is 9.58. The molecule has 0 aliphatic rings. The van der Waals surface area contributed by atoms with Crippen LogP contribution in [0.25, 0.3) is 10.9 Å². The van der Waals surface area contributed by atoms with E-state index in [1.807, 2.05) is 54.6 Å². The standard InChI is InChI=1S/C21H17N3O2/c25-17-8-11-19-20(12-17)22-14-23-21(19)24-16-6-9-18(10-7-16)26-13-15-4-2-1-3-5-15/h1-12,14,25H,13H2,(H,22,23,24). The second-order valence-electron chi connectivity index (χ2n) is 5.85. The summed E-state index contributed by atoms with van der Waals surface area (Å²) in [7, 11) is 0. The van der Waals surface area contributed by atoms with Gasteiger partial charge < -0.3 is 15.2 Å². The molecule has 0 aliphatic heterocycles. The molecule has 2 N–H and O–H groups in total. The Kier molecular flexibility index (Phi) is 4.35. The van der Waals surface area contributed by atoms with Crippen molar-refractivity contribution >= 4 is 22.4 Å². The highest BCUT2D eigenvalue weighted by Crippen LogP contribution is 2.26. The van der Waals surface area contributed by atoms with Gasteiger partial charge in [-0.1, -0.05) is 30.3 Å². The van der Waals surface area contributed by atoms with Crippen LogP contribution >= 0.6 is 0 Å². The van der Waals surface area contributed by atoms with Crippen LogP contribution in [0.15, 0.2) is 79.1 Å². The molecule has 128 valence electrons. The zero-order valence-electron chi connectivity index (χ0n) is 14.0. The van der Waals surface area contributed by atoms with E-state index in [0.717, 1.165) is 22.4 Å². The average molecular weight is 343 g/mol. The molecule has 26 heavy (non-hydrogen) atoms. The molecule has 0 atom stereocenters. The summed E-state index contributed by atoms with van der Waals surface area (Å²) in [5.74, 6) is 1.67. The molecule has 0 radical (unpaired) electrons. The van der Waals surface area contributed by atoms with Gasteiger partial charge in [0.15, 0.2) is 0 Å². The van der Waals surface area contributed by atoms with Crippen LogP contribution in [-0.2, 0) is 6.61 Å². The third-order valence-electron chi connectivity index (χ3n) is 3.99. The molecular formula is C21H17N3O2. The van der Waals surface area contributed by atoms with Gasteiger partial charge in [-0.3, -0.25) is 0 Å². The Morgan fingerprint density at radius 1 is 0.885 bits per heavy atom. The number of aromatic nitrogens is 2. The predicted octanol–water partition coefficient (Wildman–Crippen LogP) is 4.66. The molecule has 5 nitrogen and oxygen atoms in total. The number of benzene rings is 3. The molecule has 1 heterocycles. The summed E-state index contributed by atoms with van der Waals surface area (Å²) < 4.78 is 5.80. The first-order chi connectivity index (χ1) is 12.8. The van der Waals surface area contributed by atoms with Gasteiger partial charge in [0, 0.05) is 17.1 Å². The Morgan fingerprint density at radius 2 is 1.69 bits per heavy atom. The van der Waals surface area contributed by atoms with Gasteiger partial charge in [-0.05, 0) is 42.0 Å². The second kappa shape index (κ2) is 7.11. The smallest absolute Gasteiger partial charge is 0.141 e. The van der Waals surface area contributed by atoms with Crippen LogP contribution < -0.4 is 10.1 Å². The molecule has 1 aromatic heterocycles. The van der Waals surface area contributed by atoms with Gasteiger partial charge in [0.25, 0.3) is 0 Å². The van der Waals surface area contributed by atoms with Crippen LogP contribution in [0.3, 0.4) is 0 Å². The third kappa shape index (κ3) is 3.57. The molecule has 0 spiro atoms. The van der Waals surface area contributed by atoms with E-state index in [2.05, 4.69) is 15.3 Å². The topological polar surface area (TPSA) is 67.3 Å². The highest BCUT2D eigenvalue weighted by atomic mass is 16.5. The van der Waals surface area contributed by atoms with Crippen molar-refractivity contribution in [2.45, 2.75) is 6.61 Å². The average Bonchev–Trinajstić information content (AvgIpc) is 2.68. The monoisotopic (exact) mass is 343 g/mol. The van der Waals surface area contributed by atoms with Crippen molar-refractivity contribution in [2.24, 2.45) is 0 Å². The second-order valence-corrected chi connectivity index (χ2v) is 5.85. The highest BCUT2D eigenvalue weighted by Gasteiger charge is 2.05. The van der Waals surface area contributed by atoms with E-state index in [4.69, 9.17) is 4.74 Å². The minimum Gasteiger partial charge on any atom is -0.508 e. The number of rotatable bonds is 5. The zero-order valence-corrected chi connectivity index (χ0v) is 14.0. The zero-order chi connectivity index (χ0) is 17.8. The van der Waals surface area contributed by atoms with Gasteiger partial charge in [-0.25, -0.2) is 9.97 Å². The van der Waals surface area contributed by atoms with Gasteiger partial charge in [0.2, 0.25) is 0 Å². The third-order valence-corrected chi connectivity index (χ3v) is 3.99. The lowest BCUT2D eigenvalue weighted by atomic mass is 10.2. The molecule has 4 rings (SSSR count). The lowest BCUT2D eigenvalue weighted by Gasteiger charge is -2.10. The van der Waals surface area contributed by atoms with Crippen molar-refractivity contribution < 1.29 is 9.84 Å². The number of hydrogen-bond acceptors (Lipinski definition) is 5. The summed E-state index contributed by atoms with van der Waals surface area (Å²) in [6.45, 7) is 0.535. The largest absolute Gasteiger partial charge is 0.508 e. The van der Waals surface area contributed by atoms with Crippen molar-refractivity contribution in [3.63, 3.8) is 0 Å². The normalized spacial score (nSPS) is 10.6. The van der Waals surface area contributed by atoms with Crippen molar-refractivity contribution in [1.29, 1.82) is 0 Å². The molecular weight excluding hydrogens is 326 g/mol. The maximum Gasteiger partial charge on any atom is 0.141 e. The Hall–Kier alpha value is -3.60. The van der Waals surface area contributed by atoms with Crippen LogP contribution in [0.5, 0.6) is 11.5 Å². The fourth-order valence-corrected chi connectivity index (χ4v) is 2.66. The first kappa shape index (κ1) is 15.9. The minimum atomic E-state index is 0.182. The first-order valence-electron chi connectivity index (χ1n) is 8.25. The van der Waals surface area contributed by atoms with Gasteiger partial charge in [-0.2, -0.15) is 0 Å². The molecule has 4 aromatic rings. The number of nitrogens with zero attached hydrogens (tertiary/aromatic N) is 2. The molecule has 5 heteroatoms. The van der Waals surface area contributed by atoms with E-state index in [1.165, 1.54) is 6.33 Å². The van der Waals surface area contributed by atoms with E-state index >= 15 is 0 Å². The van der Waals surface area contributed by atoms with Crippen LogP contribution in [0.2, 0.25) is 0 Å². The van der Waals surface area contributed by atoms with E-state index in [1.54, 1.807) is 18.2 Å². The molecule has 0 fully saturated rings. The van der Waals surface area contributed by atoms with E-state index < -0.39 is 0 Å². The number of nitrogens with one attached hydrogen (secondary N) is 1. The van der Waals surface area contributed by atoms with Crippen molar-refractivity contribution in [2.75, 3.05) is 5.32 Å². The summed E-state index contributed by atoms with van der Waals surface area (Å²) in [5.41, 5.74) is 2.71. The lowest BCUT2D eigenvalue weighted by molar-refractivity contribution is 0.306. The molecule has 0 bridgehead atoms. The number of ether oxygens (including phenoxy) is 1. The Bertz CT molecular complexity index is 1020. The predicted molar refractivity (Wildman–Crippen MR) is 102 cm³/mol. The van der Waals surface area contributed by atoms with E-state index in [9.17, 15) is 5.11 Å². The summed E-state index contributed by atoms with van der Waals surface area (Å²) in [4.78, 5) is 8.48. The summed E-state index contributed by atoms with van der Waals surface area (Å²) >= 11 is 0. The molecule has 0 aliphatic carbocycles. The van der Waals surface area contributed by atoms with Gasteiger partial charge in [-0.15, -0.1) is 0 Å². The summed E-state index contributed by atoms with van der Waals surface area (Å²) in [5, 5.41) is 13.7. The van der Waals surface area contributed by atoms with Gasteiger partial charge >= 0.3 is 0 Å². The minimum absolute atomic E-state index is 0.182. The Morgan fingerprint density at radius 3 is 2.50 bits per heavy atom. The number of fused-ring (bicyclic) bond motifs is 1. The van der Waals surface area contributed by atoms with Gasteiger partial charge in [0.1, 0.15) is 30.3 Å². The quantitative estimate of drug-likeness (QED) is 0.552. The van der Waals surface area contributed by atoms with Crippen molar-refractivity contribution in [3.05, 3.63) is 84.7 Å². The van der Waals surface area contributed by atoms with Crippen molar-refractivity contribution in [1.82, 2.24) is 9.97 Å². The van der Waals surface area contributed by atoms with E-state index in [0.29, 0.717) is 17.9 Å². The molecule has 3 aromatic carbocycles.